The highest BCUT2D eigenvalue weighted by Crippen LogP contribution is 2.48. The number of fused-ring (bicyclic) bond motifs is 1. The largest absolute Gasteiger partial charge is 0.325 e. The molecular weight excluding hydrogens is 278 g/mol. The summed E-state index contributed by atoms with van der Waals surface area (Å²) in [4.78, 5) is 13.9. The molecule has 1 heterocycles. The van der Waals surface area contributed by atoms with Gasteiger partial charge in [-0.05, 0) is 56.3 Å². The molecule has 2 aliphatic carbocycles. The van der Waals surface area contributed by atoms with E-state index in [1.165, 1.54) is 24.3 Å². The van der Waals surface area contributed by atoms with Crippen molar-refractivity contribution in [2.24, 2.45) is 17.8 Å². The van der Waals surface area contributed by atoms with Gasteiger partial charge in [0.15, 0.2) is 0 Å². The molecule has 5 nitrogen and oxygen atoms in total. The van der Waals surface area contributed by atoms with E-state index in [9.17, 15) is 10.0 Å². The number of hydrogen-bond acceptors (Lipinski definition) is 4. The number of nitriles is 1. The minimum absolute atomic E-state index is 0.0412. The summed E-state index contributed by atoms with van der Waals surface area (Å²) >= 11 is 0. The lowest BCUT2D eigenvalue weighted by molar-refractivity contribution is -0.157. The maximum absolute atomic E-state index is 12.3. The van der Waals surface area contributed by atoms with Crippen molar-refractivity contribution in [2.45, 2.75) is 64.0 Å². The zero-order valence-corrected chi connectivity index (χ0v) is 13.4. The molecule has 3 aliphatic rings. The van der Waals surface area contributed by atoms with Gasteiger partial charge in [-0.15, -0.1) is 0 Å². The summed E-state index contributed by atoms with van der Waals surface area (Å²) in [5.74, 6) is 2.23. The first-order valence-electron chi connectivity index (χ1n) is 8.77. The predicted octanol–water partition coefficient (Wildman–Crippen LogP) is 2.41. The lowest BCUT2D eigenvalue weighted by Gasteiger charge is -2.26. The van der Waals surface area contributed by atoms with Crippen LogP contribution < -0.4 is 0 Å². The number of carbonyl (C=O) groups excluding carboxylic acids is 1. The molecule has 1 N–H and O–H groups in total. The zero-order chi connectivity index (χ0) is 15.7. The summed E-state index contributed by atoms with van der Waals surface area (Å²) < 4.78 is 0. The van der Waals surface area contributed by atoms with Crippen LogP contribution in [-0.2, 0) is 4.79 Å². The second-order valence-corrected chi connectivity index (χ2v) is 7.36. The molecule has 0 aromatic rings. The maximum atomic E-state index is 12.3. The van der Waals surface area contributed by atoms with Crippen LogP contribution in [-0.4, -0.2) is 46.3 Å². The number of amides is 1. The number of rotatable bonds is 4. The summed E-state index contributed by atoms with van der Waals surface area (Å²) in [5.41, 5.74) is 0. The van der Waals surface area contributed by atoms with Gasteiger partial charge >= 0.3 is 0 Å². The molecule has 2 saturated carbocycles. The van der Waals surface area contributed by atoms with E-state index in [-0.39, 0.29) is 24.5 Å². The van der Waals surface area contributed by atoms with Crippen molar-refractivity contribution < 1.29 is 10.0 Å². The van der Waals surface area contributed by atoms with Crippen molar-refractivity contribution in [1.29, 1.82) is 5.26 Å². The Morgan fingerprint density at radius 3 is 2.59 bits per heavy atom. The highest BCUT2D eigenvalue weighted by Gasteiger charge is 2.43. The standard InChI is InChI=1S/C17H27N3O2/c1-2-12-6-13-8-16(9-14(13)7-12)20(22)11-17(21)19-5-3-4-15(19)10-18/h12-16,22H,2-9,11H2,1H3. The van der Waals surface area contributed by atoms with E-state index in [2.05, 4.69) is 13.0 Å². The van der Waals surface area contributed by atoms with Gasteiger partial charge in [0.1, 0.15) is 12.6 Å². The Kier molecular flexibility index (Phi) is 4.70. The Morgan fingerprint density at radius 2 is 2.00 bits per heavy atom. The predicted molar refractivity (Wildman–Crippen MR) is 81.9 cm³/mol. The summed E-state index contributed by atoms with van der Waals surface area (Å²) in [5, 5.41) is 20.6. The van der Waals surface area contributed by atoms with Gasteiger partial charge in [-0.3, -0.25) is 4.79 Å². The lowest BCUT2D eigenvalue weighted by atomic mass is 9.99. The number of carbonyl (C=O) groups is 1. The Morgan fingerprint density at radius 1 is 1.32 bits per heavy atom. The van der Waals surface area contributed by atoms with Gasteiger partial charge in [-0.2, -0.15) is 10.3 Å². The van der Waals surface area contributed by atoms with E-state index in [4.69, 9.17) is 5.26 Å². The molecule has 0 radical (unpaired) electrons. The molecule has 122 valence electrons. The van der Waals surface area contributed by atoms with Crippen LogP contribution in [0, 0.1) is 29.1 Å². The number of hydrogen-bond donors (Lipinski definition) is 1. The molecule has 1 saturated heterocycles. The second-order valence-electron chi connectivity index (χ2n) is 7.36. The molecule has 3 atom stereocenters. The Balaban J connectivity index is 1.50. The minimum atomic E-state index is -0.297. The summed E-state index contributed by atoms with van der Waals surface area (Å²) in [6.07, 6.45) is 7.55. The number of hydroxylamine groups is 2. The molecule has 3 rings (SSSR count). The van der Waals surface area contributed by atoms with Crippen LogP contribution in [0.3, 0.4) is 0 Å². The third-order valence-electron chi connectivity index (χ3n) is 6.11. The lowest BCUT2D eigenvalue weighted by Crippen LogP contribution is -2.44. The fourth-order valence-electron chi connectivity index (χ4n) is 4.84. The molecule has 0 aromatic carbocycles. The van der Waals surface area contributed by atoms with Crippen molar-refractivity contribution in [2.75, 3.05) is 13.1 Å². The van der Waals surface area contributed by atoms with E-state index in [0.29, 0.717) is 6.54 Å². The van der Waals surface area contributed by atoms with Gasteiger partial charge in [-0.1, -0.05) is 13.3 Å². The molecule has 5 heteroatoms. The van der Waals surface area contributed by atoms with Crippen LogP contribution in [0.25, 0.3) is 0 Å². The molecule has 0 aromatic heterocycles. The van der Waals surface area contributed by atoms with Crippen molar-refractivity contribution in [3.63, 3.8) is 0 Å². The van der Waals surface area contributed by atoms with Gasteiger partial charge in [0.2, 0.25) is 5.91 Å². The Labute approximate surface area is 132 Å². The first kappa shape index (κ1) is 15.8. The van der Waals surface area contributed by atoms with Crippen molar-refractivity contribution in [3.05, 3.63) is 0 Å². The zero-order valence-electron chi connectivity index (χ0n) is 13.4. The molecule has 0 spiro atoms. The van der Waals surface area contributed by atoms with Crippen LogP contribution >= 0.6 is 0 Å². The average molecular weight is 305 g/mol. The summed E-state index contributed by atoms with van der Waals surface area (Å²) in [6, 6.07) is 2.01. The first-order chi connectivity index (χ1) is 10.6. The van der Waals surface area contributed by atoms with E-state index in [1.54, 1.807) is 4.90 Å². The van der Waals surface area contributed by atoms with Gasteiger partial charge in [0, 0.05) is 12.6 Å². The summed E-state index contributed by atoms with van der Waals surface area (Å²) in [6.45, 7) is 2.96. The van der Waals surface area contributed by atoms with Crippen molar-refractivity contribution in [1.82, 2.24) is 9.96 Å². The van der Waals surface area contributed by atoms with Crippen LogP contribution in [0.2, 0.25) is 0 Å². The maximum Gasteiger partial charge on any atom is 0.240 e. The van der Waals surface area contributed by atoms with Gasteiger partial charge < -0.3 is 10.1 Å². The van der Waals surface area contributed by atoms with Crippen LogP contribution in [0.4, 0.5) is 0 Å². The SMILES string of the molecule is CCC1CC2CC(N(O)CC(=O)N3CCCC3C#N)CC2C1. The van der Waals surface area contributed by atoms with Crippen LogP contribution in [0.15, 0.2) is 0 Å². The van der Waals surface area contributed by atoms with E-state index in [1.807, 2.05) is 0 Å². The highest BCUT2D eigenvalue weighted by molar-refractivity contribution is 5.79. The van der Waals surface area contributed by atoms with E-state index >= 15 is 0 Å². The molecule has 1 aliphatic heterocycles. The fraction of sp³-hybridized carbons (Fsp3) is 0.882. The fourth-order valence-corrected chi connectivity index (χ4v) is 4.84. The van der Waals surface area contributed by atoms with Crippen LogP contribution in [0.1, 0.15) is 51.9 Å². The quantitative estimate of drug-likeness (QED) is 0.810. The van der Waals surface area contributed by atoms with Gasteiger partial charge in [0.05, 0.1) is 6.07 Å². The molecule has 3 unspecified atom stereocenters. The third kappa shape index (κ3) is 3.00. The second kappa shape index (κ2) is 6.55. The van der Waals surface area contributed by atoms with Crippen molar-refractivity contribution in [3.8, 4) is 6.07 Å². The number of nitrogens with zero attached hydrogens (tertiary/aromatic N) is 3. The van der Waals surface area contributed by atoms with Gasteiger partial charge in [0.25, 0.3) is 0 Å². The smallest absolute Gasteiger partial charge is 0.240 e. The molecule has 0 bridgehead atoms. The number of likely N-dealkylation sites (tertiary alicyclic amines) is 1. The van der Waals surface area contributed by atoms with E-state index in [0.717, 1.165) is 43.4 Å². The third-order valence-corrected chi connectivity index (χ3v) is 6.11. The van der Waals surface area contributed by atoms with Crippen LogP contribution in [0.5, 0.6) is 0 Å². The van der Waals surface area contributed by atoms with Gasteiger partial charge in [-0.25, -0.2) is 0 Å². The topological polar surface area (TPSA) is 67.6 Å². The average Bonchev–Trinajstić information content (AvgIpc) is 3.19. The molecule has 3 fully saturated rings. The van der Waals surface area contributed by atoms with Crippen molar-refractivity contribution >= 4 is 5.91 Å². The van der Waals surface area contributed by atoms with E-state index < -0.39 is 0 Å². The molecular formula is C17H27N3O2. The molecule has 22 heavy (non-hydrogen) atoms. The Bertz CT molecular complexity index is 447. The first-order valence-corrected chi connectivity index (χ1v) is 8.77. The summed E-state index contributed by atoms with van der Waals surface area (Å²) in [7, 11) is 0. The highest BCUT2D eigenvalue weighted by atomic mass is 16.5. The normalized spacial score (nSPS) is 37.5. The Hall–Kier alpha value is -1.12. The monoisotopic (exact) mass is 305 g/mol. The molecule has 1 amide bonds. The minimum Gasteiger partial charge on any atom is -0.325 e.